The van der Waals surface area contributed by atoms with Crippen molar-refractivity contribution >= 4 is 41.4 Å². The number of carboxylic acid groups (broad SMARTS) is 1. The molecule has 2 heterocycles. The number of rotatable bonds is 8. The van der Waals surface area contributed by atoms with Crippen LogP contribution in [0.3, 0.4) is 0 Å². The molecule has 0 bridgehead atoms. The van der Waals surface area contributed by atoms with Gasteiger partial charge in [0.2, 0.25) is 35.4 Å². The van der Waals surface area contributed by atoms with E-state index in [4.69, 9.17) is 0 Å². The highest BCUT2D eigenvalue weighted by molar-refractivity contribution is 5.97. The van der Waals surface area contributed by atoms with E-state index in [2.05, 4.69) is 31.9 Å². The van der Waals surface area contributed by atoms with Gasteiger partial charge in [-0.3, -0.25) is 38.5 Å². The third kappa shape index (κ3) is 12.2. The molecule has 2 fully saturated rings. The Morgan fingerprint density at radius 2 is 1.44 bits per heavy atom. The molecule has 1 unspecified atom stereocenters. The molecule has 17 nitrogen and oxygen atoms in total. The minimum absolute atomic E-state index is 0.0106. The van der Waals surface area contributed by atoms with Crippen molar-refractivity contribution in [3.05, 3.63) is 29.8 Å². The number of hydrogen-bond acceptors (Lipinski definition) is 10. The predicted molar refractivity (Wildman–Crippen MR) is 187 cm³/mol. The van der Waals surface area contributed by atoms with Crippen LogP contribution in [0.5, 0.6) is 5.75 Å². The number of phenolic OH excluding ortho intramolecular Hbond substituents is 1. The summed E-state index contributed by atoms with van der Waals surface area (Å²) in [4.78, 5) is 95.7. The number of amides is 6. The number of carboxylic acids is 1. The van der Waals surface area contributed by atoms with Crippen molar-refractivity contribution in [2.75, 3.05) is 13.1 Å². The molecule has 1 aromatic carbocycles. The Kier molecular flexibility index (Phi) is 14.5. The lowest BCUT2D eigenvalue weighted by molar-refractivity contribution is -0.142. The van der Waals surface area contributed by atoms with Crippen molar-refractivity contribution in [3.8, 4) is 5.75 Å². The first kappa shape index (κ1) is 41.6. The van der Waals surface area contributed by atoms with Crippen LogP contribution in [0, 0.1) is 5.92 Å². The summed E-state index contributed by atoms with van der Waals surface area (Å²) in [7, 11) is 0. The molecule has 0 saturated carbocycles. The lowest BCUT2D eigenvalue weighted by Gasteiger charge is -2.35. The van der Waals surface area contributed by atoms with Crippen molar-refractivity contribution in [3.63, 3.8) is 0 Å². The van der Waals surface area contributed by atoms with Crippen molar-refractivity contribution in [2.24, 2.45) is 5.92 Å². The van der Waals surface area contributed by atoms with E-state index in [1.165, 1.54) is 19.1 Å². The third-order valence-corrected chi connectivity index (χ3v) is 8.69. The Morgan fingerprint density at radius 3 is 2.02 bits per heavy atom. The SMILES string of the molecule is CC(C)C[C@@H]1NC(=O)[C@H](Cc2ccc(O)cc2)NC(=O)[C@@H]2CCCN2[C@H](C(=O)NC(C)(C)C)CNC(=O)[C@H]([C@@H](C)O)NC(=O)C(CC(=O)O)NC1=O. The Balaban J connectivity index is 2.12. The number of aromatic hydroxyl groups is 1. The normalized spacial score (nSPS) is 26.4. The summed E-state index contributed by atoms with van der Waals surface area (Å²) < 4.78 is 0. The first-order chi connectivity index (χ1) is 24.2. The van der Waals surface area contributed by atoms with Crippen LogP contribution in [0.15, 0.2) is 24.3 Å². The molecule has 2 saturated heterocycles. The minimum Gasteiger partial charge on any atom is -0.508 e. The zero-order valence-corrected chi connectivity index (χ0v) is 30.5. The number of aliphatic hydroxyl groups excluding tert-OH is 1. The van der Waals surface area contributed by atoms with Crippen molar-refractivity contribution in [1.29, 1.82) is 0 Å². The molecular weight excluding hydrogens is 678 g/mol. The summed E-state index contributed by atoms with van der Waals surface area (Å²) >= 11 is 0. The van der Waals surface area contributed by atoms with E-state index < -0.39 is 95.7 Å². The fourth-order valence-corrected chi connectivity index (χ4v) is 6.20. The zero-order chi connectivity index (χ0) is 38.9. The van der Waals surface area contributed by atoms with Gasteiger partial charge in [-0.1, -0.05) is 26.0 Å². The maximum absolute atomic E-state index is 14.0. The van der Waals surface area contributed by atoms with Gasteiger partial charge in [-0.15, -0.1) is 0 Å². The van der Waals surface area contributed by atoms with Gasteiger partial charge in [0.05, 0.1) is 18.6 Å². The standard InChI is InChI=1S/C35H53N7O10/c1-18(2)14-22-29(47)38-24(16-27(45)46)31(49)40-28(19(3)43)34(52)36-17-26(33(51)41-35(4,5)6)42-13-7-8-25(42)32(50)39-23(30(48)37-22)15-20-9-11-21(44)12-10-20/h9-12,18-19,22-26,28,43-44H,7-8,13-17H2,1-6H3,(H,36,52)(H,37,48)(H,38,47)(H,39,50)(H,40,49)(H,41,51)(H,45,46)/t19-,22+,23+,24?,25+,26+,28+/m1/s1. The number of benzene rings is 1. The highest BCUT2D eigenvalue weighted by Gasteiger charge is 2.42. The molecule has 1 aromatic rings. The summed E-state index contributed by atoms with van der Waals surface area (Å²) in [6.45, 7) is 10.1. The van der Waals surface area contributed by atoms with Gasteiger partial charge in [-0.05, 0) is 77.1 Å². The topological polar surface area (TPSA) is 256 Å². The molecule has 9 N–H and O–H groups in total. The summed E-state index contributed by atoms with van der Waals surface area (Å²) in [6, 6.07) is -1.85. The Morgan fingerprint density at radius 1 is 0.865 bits per heavy atom. The lowest BCUT2D eigenvalue weighted by Crippen LogP contribution is -2.63. The number of carbonyl (C=O) groups is 7. The van der Waals surface area contributed by atoms with Gasteiger partial charge in [0, 0.05) is 18.5 Å². The molecule has 3 rings (SSSR count). The van der Waals surface area contributed by atoms with E-state index >= 15 is 0 Å². The van der Waals surface area contributed by atoms with Crippen LogP contribution in [-0.4, -0.2) is 123 Å². The van der Waals surface area contributed by atoms with Gasteiger partial charge in [0.15, 0.2) is 0 Å². The van der Waals surface area contributed by atoms with Crippen LogP contribution in [0.4, 0.5) is 0 Å². The molecule has 52 heavy (non-hydrogen) atoms. The average Bonchev–Trinajstić information content (AvgIpc) is 3.51. The van der Waals surface area contributed by atoms with Crippen LogP contribution < -0.4 is 31.9 Å². The van der Waals surface area contributed by atoms with Crippen LogP contribution in [0.2, 0.25) is 0 Å². The number of aliphatic hydroxyl groups is 1. The van der Waals surface area contributed by atoms with Crippen LogP contribution >= 0.6 is 0 Å². The predicted octanol–water partition coefficient (Wildman–Crippen LogP) is -1.35. The van der Waals surface area contributed by atoms with E-state index in [-0.39, 0.29) is 37.6 Å². The maximum Gasteiger partial charge on any atom is 0.305 e. The average molecular weight is 732 g/mol. The zero-order valence-electron chi connectivity index (χ0n) is 30.5. The van der Waals surface area contributed by atoms with Gasteiger partial charge in [0.1, 0.15) is 36.0 Å². The van der Waals surface area contributed by atoms with Crippen molar-refractivity contribution in [1.82, 2.24) is 36.8 Å². The second-order valence-electron chi connectivity index (χ2n) is 14.9. The molecular formula is C35H53N7O10. The summed E-state index contributed by atoms with van der Waals surface area (Å²) in [5.41, 5.74) is -0.117. The molecule has 0 aromatic heterocycles. The van der Waals surface area contributed by atoms with Crippen molar-refractivity contribution < 1.29 is 48.9 Å². The lowest BCUT2D eigenvalue weighted by atomic mass is 10.00. The number of hydrogen-bond donors (Lipinski definition) is 9. The van der Waals surface area contributed by atoms with Crippen LogP contribution in [0.25, 0.3) is 0 Å². The molecule has 2 aliphatic rings. The molecule has 0 aliphatic carbocycles. The van der Waals surface area contributed by atoms with E-state index in [0.29, 0.717) is 18.4 Å². The van der Waals surface area contributed by atoms with E-state index in [1.54, 1.807) is 51.7 Å². The van der Waals surface area contributed by atoms with Gasteiger partial charge >= 0.3 is 5.97 Å². The monoisotopic (exact) mass is 731 g/mol. The fourth-order valence-electron chi connectivity index (χ4n) is 6.20. The number of carbonyl (C=O) groups excluding carboxylic acids is 6. The Labute approximate surface area is 303 Å². The highest BCUT2D eigenvalue weighted by atomic mass is 16.4. The Hall–Kier alpha value is -4.77. The minimum atomic E-state index is -1.72. The molecule has 7 atom stereocenters. The van der Waals surface area contributed by atoms with Crippen LogP contribution in [0.1, 0.15) is 72.8 Å². The third-order valence-electron chi connectivity index (χ3n) is 8.69. The fraction of sp³-hybridized carbons (Fsp3) is 0.629. The summed E-state index contributed by atoms with van der Waals surface area (Å²) in [6.07, 6.45) is -1.52. The molecule has 2 aliphatic heterocycles. The maximum atomic E-state index is 14.0. The number of fused-ring (bicyclic) bond motifs is 1. The summed E-state index contributed by atoms with van der Waals surface area (Å²) in [5, 5.41) is 45.5. The molecule has 288 valence electrons. The van der Waals surface area contributed by atoms with E-state index in [0.717, 1.165) is 0 Å². The van der Waals surface area contributed by atoms with Gasteiger partial charge in [0.25, 0.3) is 0 Å². The summed E-state index contributed by atoms with van der Waals surface area (Å²) in [5.74, 6) is -6.29. The highest BCUT2D eigenvalue weighted by Crippen LogP contribution is 2.22. The molecule has 17 heteroatoms. The van der Waals surface area contributed by atoms with Gasteiger partial charge in [-0.2, -0.15) is 0 Å². The number of nitrogens with one attached hydrogen (secondary N) is 6. The van der Waals surface area contributed by atoms with Gasteiger partial charge in [-0.25, -0.2) is 0 Å². The smallest absolute Gasteiger partial charge is 0.305 e. The van der Waals surface area contributed by atoms with E-state index in [9.17, 15) is 48.9 Å². The van der Waals surface area contributed by atoms with Gasteiger partial charge < -0.3 is 47.2 Å². The number of phenols is 1. The first-order valence-corrected chi connectivity index (χ1v) is 17.5. The second-order valence-corrected chi connectivity index (χ2v) is 14.9. The largest absolute Gasteiger partial charge is 0.508 e. The molecule has 6 amide bonds. The van der Waals surface area contributed by atoms with Crippen molar-refractivity contribution in [2.45, 2.75) is 122 Å². The second kappa shape index (κ2) is 18.1. The molecule has 0 radical (unpaired) electrons. The first-order valence-electron chi connectivity index (χ1n) is 17.5. The quantitative estimate of drug-likeness (QED) is 0.151. The number of nitrogens with zero attached hydrogens (tertiary/aromatic N) is 1. The van der Waals surface area contributed by atoms with Crippen LogP contribution in [-0.2, 0) is 40.0 Å². The number of aliphatic carboxylic acids is 1. The molecule has 0 spiro atoms. The Bertz CT molecular complexity index is 1480. The van der Waals surface area contributed by atoms with E-state index in [1.807, 2.05) is 0 Å².